The first kappa shape index (κ1) is 13.2. The van der Waals surface area contributed by atoms with Crippen molar-refractivity contribution in [3.63, 3.8) is 0 Å². The highest BCUT2D eigenvalue weighted by molar-refractivity contribution is 5.43. The minimum absolute atomic E-state index is 0.338. The van der Waals surface area contributed by atoms with E-state index in [1.165, 1.54) is 12.8 Å². The van der Waals surface area contributed by atoms with E-state index in [0.29, 0.717) is 12.6 Å². The van der Waals surface area contributed by atoms with E-state index in [4.69, 9.17) is 14.3 Å². The molecule has 1 N–H and O–H groups in total. The summed E-state index contributed by atoms with van der Waals surface area (Å²) in [5, 5.41) is 0. The maximum absolute atomic E-state index is 6.02. The number of ether oxygens (including phenoxy) is 2. The molecule has 1 saturated carbocycles. The Labute approximate surface area is 108 Å². The van der Waals surface area contributed by atoms with Gasteiger partial charge in [0, 0.05) is 6.54 Å². The fourth-order valence-electron chi connectivity index (χ4n) is 2.26. The molecule has 4 nitrogen and oxygen atoms in total. The zero-order chi connectivity index (χ0) is 12.8. The lowest BCUT2D eigenvalue weighted by atomic mass is 10.2. The third-order valence-electron chi connectivity index (χ3n) is 3.24. The van der Waals surface area contributed by atoms with E-state index in [1.54, 1.807) is 14.2 Å². The number of nitrogens with one attached hydrogen (secondary N) is 1. The van der Waals surface area contributed by atoms with E-state index in [9.17, 15) is 0 Å². The van der Waals surface area contributed by atoms with Gasteiger partial charge in [-0.25, -0.2) is 0 Å². The summed E-state index contributed by atoms with van der Waals surface area (Å²) in [4.78, 5) is 4.85. The van der Waals surface area contributed by atoms with E-state index in [0.717, 1.165) is 29.9 Å². The molecular weight excluding hydrogens is 230 g/mol. The van der Waals surface area contributed by atoms with Gasteiger partial charge in [-0.3, -0.25) is 0 Å². The molecule has 100 valence electrons. The van der Waals surface area contributed by atoms with E-state index >= 15 is 0 Å². The van der Waals surface area contributed by atoms with Crippen LogP contribution in [0.3, 0.4) is 0 Å². The van der Waals surface area contributed by atoms with Crippen molar-refractivity contribution in [1.82, 2.24) is 5.48 Å². The Hall–Kier alpha value is -1.26. The maximum Gasteiger partial charge on any atom is 0.161 e. The molecule has 18 heavy (non-hydrogen) atoms. The average molecular weight is 251 g/mol. The van der Waals surface area contributed by atoms with Gasteiger partial charge in [-0.15, -0.1) is 0 Å². The quantitative estimate of drug-likeness (QED) is 0.789. The minimum Gasteiger partial charge on any atom is -0.493 e. The number of hydroxylamine groups is 1. The van der Waals surface area contributed by atoms with Crippen LogP contribution in [0.15, 0.2) is 18.2 Å². The van der Waals surface area contributed by atoms with Crippen LogP contribution in [-0.4, -0.2) is 20.3 Å². The molecule has 4 heteroatoms. The summed E-state index contributed by atoms with van der Waals surface area (Å²) in [6.07, 6.45) is 5.15. The average Bonchev–Trinajstić information content (AvgIpc) is 2.89. The molecule has 1 aliphatic carbocycles. The highest BCUT2D eigenvalue weighted by atomic mass is 16.6. The predicted octanol–water partition coefficient (Wildman–Crippen LogP) is 2.67. The van der Waals surface area contributed by atoms with Gasteiger partial charge in [-0.05, 0) is 43.4 Å². The van der Waals surface area contributed by atoms with Gasteiger partial charge in [-0.1, -0.05) is 6.07 Å². The molecule has 1 aromatic carbocycles. The van der Waals surface area contributed by atoms with Crippen molar-refractivity contribution in [2.45, 2.75) is 38.3 Å². The molecule has 0 bridgehead atoms. The van der Waals surface area contributed by atoms with Crippen molar-refractivity contribution in [3.8, 4) is 11.5 Å². The standard InChI is InChI=1S/C14H21NO3/c1-16-13-8-7-11(10-15-17-2)9-14(13)18-12-5-3-4-6-12/h7-9,12,15H,3-6,10H2,1-2H3. The topological polar surface area (TPSA) is 39.7 Å². The number of methoxy groups -OCH3 is 1. The van der Waals surface area contributed by atoms with E-state index in [2.05, 4.69) is 5.48 Å². The predicted molar refractivity (Wildman–Crippen MR) is 69.7 cm³/mol. The van der Waals surface area contributed by atoms with Gasteiger partial charge in [0.1, 0.15) is 0 Å². The van der Waals surface area contributed by atoms with E-state index < -0.39 is 0 Å². The lowest BCUT2D eigenvalue weighted by Gasteiger charge is -2.16. The molecule has 0 saturated heterocycles. The van der Waals surface area contributed by atoms with Gasteiger partial charge in [-0.2, -0.15) is 5.48 Å². The monoisotopic (exact) mass is 251 g/mol. The van der Waals surface area contributed by atoms with Crippen LogP contribution in [-0.2, 0) is 11.4 Å². The first-order valence-electron chi connectivity index (χ1n) is 6.43. The first-order chi connectivity index (χ1) is 8.83. The summed E-state index contributed by atoms with van der Waals surface area (Å²) >= 11 is 0. The second-order valence-electron chi connectivity index (χ2n) is 4.53. The molecule has 1 fully saturated rings. The van der Waals surface area contributed by atoms with Crippen molar-refractivity contribution in [1.29, 1.82) is 0 Å². The molecule has 2 rings (SSSR count). The lowest BCUT2D eigenvalue weighted by molar-refractivity contribution is 0.0866. The molecule has 0 radical (unpaired) electrons. The Morgan fingerprint density at radius 1 is 1.17 bits per heavy atom. The van der Waals surface area contributed by atoms with Crippen LogP contribution < -0.4 is 15.0 Å². The summed E-state index contributed by atoms with van der Waals surface area (Å²) in [7, 11) is 3.28. The highest BCUT2D eigenvalue weighted by Gasteiger charge is 2.18. The fraction of sp³-hybridized carbons (Fsp3) is 0.571. The van der Waals surface area contributed by atoms with Crippen LogP contribution in [0.25, 0.3) is 0 Å². The van der Waals surface area contributed by atoms with Crippen LogP contribution in [0.1, 0.15) is 31.2 Å². The normalized spacial score (nSPS) is 15.9. The van der Waals surface area contributed by atoms with Crippen LogP contribution in [0.4, 0.5) is 0 Å². The molecule has 0 aliphatic heterocycles. The second-order valence-corrected chi connectivity index (χ2v) is 4.53. The SMILES string of the molecule is CONCc1ccc(OC)c(OC2CCCC2)c1. The van der Waals surface area contributed by atoms with E-state index in [1.807, 2.05) is 18.2 Å². The lowest BCUT2D eigenvalue weighted by Crippen LogP contribution is -2.13. The summed E-state index contributed by atoms with van der Waals surface area (Å²) in [5.41, 5.74) is 3.94. The third kappa shape index (κ3) is 3.37. The van der Waals surface area contributed by atoms with Gasteiger partial charge >= 0.3 is 0 Å². The molecule has 0 aromatic heterocycles. The molecule has 0 heterocycles. The second kappa shape index (κ2) is 6.61. The van der Waals surface area contributed by atoms with E-state index in [-0.39, 0.29) is 0 Å². The Morgan fingerprint density at radius 3 is 2.61 bits per heavy atom. The Bertz CT molecular complexity index is 375. The van der Waals surface area contributed by atoms with Crippen LogP contribution in [0, 0.1) is 0 Å². The molecule has 0 atom stereocenters. The van der Waals surface area contributed by atoms with Gasteiger partial charge in [0.15, 0.2) is 11.5 Å². The summed E-state index contributed by atoms with van der Waals surface area (Å²) in [6.45, 7) is 0.654. The van der Waals surface area contributed by atoms with Crippen molar-refractivity contribution in [2.24, 2.45) is 0 Å². The molecular formula is C14H21NO3. The van der Waals surface area contributed by atoms with Crippen molar-refractivity contribution >= 4 is 0 Å². The van der Waals surface area contributed by atoms with Gasteiger partial charge in [0.05, 0.1) is 20.3 Å². The Morgan fingerprint density at radius 2 is 1.94 bits per heavy atom. The minimum atomic E-state index is 0.338. The zero-order valence-corrected chi connectivity index (χ0v) is 11.1. The highest BCUT2D eigenvalue weighted by Crippen LogP contribution is 2.32. The summed E-state index contributed by atoms with van der Waals surface area (Å²) < 4.78 is 11.4. The first-order valence-corrected chi connectivity index (χ1v) is 6.43. The number of hydrogen-bond acceptors (Lipinski definition) is 4. The van der Waals surface area contributed by atoms with Gasteiger partial charge in [0.25, 0.3) is 0 Å². The molecule has 0 amide bonds. The fourth-order valence-corrected chi connectivity index (χ4v) is 2.26. The summed E-state index contributed by atoms with van der Waals surface area (Å²) in [6, 6.07) is 5.96. The Kier molecular flexibility index (Phi) is 4.84. The van der Waals surface area contributed by atoms with Gasteiger partial charge in [0.2, 0.25) is 0 Å². The van der Waals surface area contributed by atoms with Gasteiger partial charge < -0.3 is 14.3 Å². The molecule has 0 spiro atoms. The Balaban J connectivity index is 2.08. The zero-order valence-electron chi connectivity index (χ0n) is 11.1. The van der Waals surface area contributed by atoms with Crippen LogP contribution in [0.2, 0.25) is 0 Å². The third-order valence-corrected chi connectivity index (χ3v) is 3.24. The largest absolute Gasteiger partial charge is 0.493 e. The molecule has 0 unspecified atom stereocenters. The van der Waals surface area contributed by atoms with Crippen molar-refractivity contribution in [2.75, 3.05) is 14.2 Å². The smallest absolute Gasteiger partial charge is 0.161 e. The summed E-state index contributed by atoms with van der Waals surface area (Å²) in [5.74, 6) is 1.63. The molecule has 1 aliphatic rings. The van der Waals surface area contributed by atoms with Crippen LogP contribution in [0.5, 0.6) is 11.5 Å². The van der Waals surface area contributed by atoms with Crippen molar-refractivity contribution < 1.29 is 14.3 Å². The van der Waals surface area contributed by atoms with Crippen molar-refractivity contribution in [3.05, 3.63) is 23.8 Å². The maximum atomic E-state index is 6.02. The number of hydrogen-bond donors (Lipinski definition) is 1. The van der Waals surface area contributed by atoms with Crippen LogP contribution >= 0.6 is 0 Å². The number of rotatable bonds is 6. The number of benzene rings is 1. The molecule has 1 aromatic rings.